The van der Waals surface area contributed by atoms with Gasteiger partial charge in [0.15, 0.2) is 11.6 Å². The van der Waals surface area contributed by atoms with Gasteiger partial charge in [0, 0.05) is 23.1 Å². The Bertz CT molecular complexity index is 1590. The van der Waals surface area contributed by atoms with Crippen molar-refractivity contribution in [3.8, 4) is 17.2 Å². The summed E-state index contributed by atoms with van der Waals surface area (Å²) in [6.45, 7) is 24.5. The van der Waals surface area contributed by atoms with Crippen molar-refractivity contribution < 1.29 is 39.2 Å². The maximum absolute atomic E-state index is 14.4. The van der Waals surface area contributed by atoms with Crippen molar-refractivity contribution in [3.05, 3.63) is 69.4 Å². The number of phenolic OH excluding ortho intramolecular Hbond substituents is 1. The molecule has 8 heteroatoms. The monoisotopic (exact) mass is 692 g/mol. The summed E-state index contributed by atoms with van der Waals surface area (Å²) in [6.07, 6.45) is 11.2. The van der Waals surface area contributed by atoms with Crippen LogP contribution in [0.2, 0.25) is 0 Å². The Morgan fingerprint density at radius 3 is 2.08 bits per heavy atom. The van der Waals surface area contributed by atoms with E-state index in [2.05, 4.69) is 26.8 Å². The van der Waals surface area contributed by atoms with Gasteiger partial charge in [-0.2, -0.15) is 0 Å². The van der Waals surface area contributed by atoms with Crippen molar-refractivity contribution >= 4 is 23.6 Å². The first-order valence-electron chi connectivity index (χ1n) is 17.7. The summed E-state index contributed by atoms with van der Waals surface area (Å²) in [7, 11) is 0. The maximum atomic E-state index is 14.4. The molecule has 0 fully saturated rings. The summed E-state index contributed by atoms with van der Waals surface area (Å²) in [5.74, 6) is -2.13. The molecule has 1 aromatic rings. The lowest BCUT2D eigenvalue weighted by Gasteiger charge is -2.40. The highest BCUT2D eigenvalue weighted by Gasteiger charge is 2.48. The zero-order valence-corrected chi connectivity index (χ0v) is 32.5. The highest BCUT2D eigenvalue weighted by atomic mass is 16.5. The second-order valence-electron chi connectivity index (χ2n) is 15.5. The van der Waals surface area contributed by atoms with Gasteiger partial charge in [-0.3, -0.25) is 9.59 Å². The minimum atomic E-state index is -1.96. The Labute approximate surface area is 299 Å². The number of rotatable bonds is 12. The Kier molecular flexibility index (Phi) is 14.7. The van der Waals surface area contributed by atoms with E-state index in [9.17, 15) is 29.7 Å². The fourth-order valence-electron chi connectivity index (χ4n) is 5.88. The predicted molar refractivity (Wildman–Crippen MR) is 201 cm³/mol. The molecule has 0 saturated heterocycles. The summed E-state index contributed by atoms with van der Waals surface area (Å²) in [4.78, 5) is 39.6. The summed E-state index contributed by atoms with van der Waals surface area (Å²) in [5, 5.41) is 32.1. The number of hydrogen-bond acceptors (Lipinski definition) is 7. The van der Waals surface area contributed by atoms with Gasteiger partial charge in [-0.25, -0.2) is 4.79 Å². The molecule has 0 bridgehead atoms. The lowest BCUT2D eigenvalue weighted by Crippen LogP contribution is -2.48. The van der Waals surface area contributed by atoms with Crippen molar-refractivity contribution in [3.63, 3.8) is 0 Å². The largest absolute Gasteiger partial charge is 0.506 e. The van der Waals surface area contributed by atoms with E-state index in [1.807, 2.05) is 66.7 Å². The van der Waals surface area contributed by atoms with E-state index >= 15 is 0 Å². The average Bonchev–Trinajstić information content (AvgIpc) is 2.98. The third-order valence-electron chi connectivity index (χ3n) is 8.71. The number of benzene rings is 1. The molecule has 1 aromatic carbocycles. The number of hydrogen-bond donors (Lipinski definition) is 3. The van der Waals surface area contributed by atoms with Crippen LogP contribution in [0.3, 0.4) is 0 Å². The Hall–Kier alpha value is -3.91. The lowest BCUT2D eigenvalue weighted by atomic mass is 9.74. The number of carbonyl (C=O) groups is 3. The molecule has 4 unspecified atom stereocenters. The third-order valence-corrected chi connectivity index (χ3v) is 8.71. The lowest BCUT2D eigenvalue weighted by molar-refractivity contribution is -0.134. The molecule has 2 heterocycles. The fraction of sp³-hybridized carbons (Fsp3) is 0.548. The smallest absolute Gasteiger partial charge is 0.330 e. The second kappa shape index (κ2) is 17.3. The first-order chi connectivity index (χ1) is 23.1. The minimum Gasteiger partial charge on any atom is -0.506 e. The Morgan fingerprint density at radius 2 is 1.58 bits per heavy atom. The number of aromatic hydroxyl groups is 1. The Morgan fingerprint density at radius 1 is 1.00 bits per heavy atom. The van der Waals surface area contributed by atoms with Crippen LogP contribution in [0, 0.1) is 17.8 Å². The molecular formula is C42H60O8. The van der Waals surface area contributed by atoms with E-state index in [0.29, 0.717) is 29.7 Å². The molecule has 50 heavy (non-hydrogen) atoms. The molecule has 2 aliphatic heterocycles. The number of aliphatic hydroxyl groups is 1. The van der Waals surface area contributed by atoms with Gasteiger partial charge in [-0.15, -0.1) is 0 Å². The molecule has 4 atom stereocenters. The van der Waals surface area contributed by atoms with Crippen LogP contribution in [0.5, 0.6) is 17.2 Å². The van der Waals surface area contributed by atoms with Crippen molar-refractivity contribution in [2.45, 2.75) is 133 Å². The van der Waals surface area contributed by atoms with Gasteiger partial charge in [0.05, 0.1) is 11.5 Å². The van der Waals surface area contributed by atoms with E-state index in [-0.39, 0.29) is 46.3 Å². The number of ketones is 2. The molecule has 0 aromatic heterocycles. The highest BCUT2D eigenvalue weighted by molar-refractivity contribution is 6.09. The molecule has 2 aliphatic rings. The van der Waals surface area contributed by atoms with Crippen LogP contribution in [0.15, 0.2) is 52.7 Å². The van der Waals surface area contributed by atoms with Crippen LogP contribution in [0.4, 0.5) is 0 Å². The number of carbonyl (C=O) groups excluding carboxylic acids is 2. The minimum absolute atomic E-state index is 0.000699. The van der Waals surface area contributed by atoms with Gasteiger partial charge in [0.2, 0.25) is 0 Å². The summed E-state index contributed by atoms with van der Waals surface area (Å²) >= 11 is 0. The third kappa shape index (κ3) is 10.3. The molecule has 0 aliphatic carbocycles. The first-order valence-corrected chi connectivity index (χ1v) is 17.7. The van der Waals surface area contributed by atoms with Crippen LogP contribution >= 0.6 is 0 Å². The van der Waals surface area contributed by atoms with Crippen LogP contribution in [-0.4, -0.2) is 50.2 Å². The van der Waals surface area contributed by atoms with Gasteiger partial charge in [-0.05, 0) is 98.6 Å². The standard InChI is InChI=1S/C38H50O8.C4H10/c1-11-25(35(41)38(10,44)20-16-24(8)36(42)43)33-28(23(6)7)31(40)29-30(39)26-17-19-37(9,18-12-13-21(2)3)46-32(26)27(34(29)45-33)15-14-22(4)5;1-4(2)3/h11,13-14,16-17,19,23,28,33,39,44H,12,15,18,20H2,1-10H3,(H,42,43);4H,1-3H3/b24-16-,25-11?;. The molecular weight excluding hydrogens is 632 g/mol. The number of carboxylic acid groups (broad SMARTS) is 1. The van der Waals surface area contributed by atoms with Crippen LogP contribution < -0.4 is 9.47 Å². The normalized spacial score (nSPS) is 21.2. The van der Waals surface area contributed by atoms with Gasteiger partial charge in [-0.1, -0.05) is 70.1 Å². The molecule has 0 saturated carbocycles. The van der Waals surface area contributed by atoms with E-state index in [4.69, 9.17) is 9.47 Å². The fourth-order valence-corrected chi connectivity index (χ4v) is 5.88. The summed E-state index contributed by atoms with van der Waals surface area (Å²) < 4.78 is 13.3. The zero-order valence-electron chi connectivity index (χ0n) is 32.5. The van der Waals surface area contributed by atoms with E-state index in [0.717, 1.165) is 17.9 Å². The summed E-state index contributed by atoms with van der Waals surface area (Å²) in [6, 6.07) is 0. The molecule has 3 rings (SSSR count). The molecule has 276 valence electrons. The number of ether oxygens (including phenoxy) is 2. The van der Waals surface area contributed by atoms with Crippen LogP contribution in [0.1, 0.15) is 131 Å². The Balaban J connectivity index is 0.00000205. The predicted octanol–water partition coefficient (Wildman–Crippen LogP) is 9.38. The van der Waals surface area contributed by atoms with Crippen LogP contribution in [0.25, 0.3) is 6.08 Å². The molecule has 0 radical (unpaired) electrons. The molecule has 3 N–H and O–H groups in total. The van der Waals surface area contributed by atoms with E-state index in [1.165, 1.54) is 31.6 Å². The van der Waals surface area contributed by atoms with Crippen molar-refractivity contribution in [2.75, 3.05) is 0 Å². The maximum Gasteiger partial charge on any atom is 0.330 e. The van der Waals surface area contributed by atoms with Gasteiger partial charge < -0.3 is 24.8 Å². The SMILES string of the molecule is CC(C)C.CC=C(C(=O)C(C)(O)C/C=C(/C)C(=O)O)C1Oc2c(CC=C(C)C)c3c(c(O)c2C(=O)C1C(C)C)C=CC(C)(CCC=C(C)C)O3. The van der Waals surface area contributed by atoms with E-state index < -0.39 is 35.0 Å². The number of carboxylic acids is 1. The van der Waals surface area contributed by atoms with Crippen molar-refractivity contribution in [2.24, 2.45) is 17.8 Å². The number of allylic oxidation sites excluding steroid dienone is 5. The first kappa shape index (κ1) is 42.3. The van der Waals surface area contributed by atoms with Gasteiger partial charge in [0.25, 0.3) is 0 Å². The quantitative estimate of drug-likeness (QED) is 0.146. The van der Waals surface area contributed by atoms with Crippen molar-refractivity contribution in [1.82, 2.24) is 0 Å². The van der Waals surface area contributed by atoms with Crippen molar-refractivity contribution in [1.29, 1.82) is 0 Å². The number of aliphatic carboxylic acids is 1. The summed E-state index contributed by atoms with van der Waals surface area (Å²) in [5.41, 5.74) is 0.773. The topological polar surface area (TPSA) is 130 Å². The van der Waals surface area contributed by atoms with Gasteiger partial charge >= 0.3 is 5.97 Å². The van der Waals surface area contributed by atoms with E-state index in [1.54, 1.807) is 6.92 Å². The average molecular weight is 693 g/mol. The number of fused-ring (bicyclic) bond motifs is 2. The molecule has 0 amide bonds. The molecule has 8 nitrogen and oxygen atoms in total. The van der Waals surface area contributed by atoms with Crippen LogP contribution in [-0.2, 0) is 16.0 Å². The highest BCUT2D eigenvalue weighted by Crippen LogP contribution is 2.52. The number of phenols is 1. The van der Waals surface area contributed by atoms with Gasteiger partial charge in [0.1, 0.15) is 40.1 Å². The number of Topliss-reactive ketones (excluding diaryl/α,β-unsaturated/α-hetero) is 2. The zero-order chi connectivity index (χ0) is 38.3. The molecule has 0 spiro atoms. The second-order valence-corrected chi connectivity index (χ2v) is 15.5.